The fourth-order valence-electron chi connectivity index (χ4n) is 23.0. The molecular weight excluding hydrogens is 1670 g/mol. The van der Waals surface area contributed by atoms with Crippen LogP contribution in [-0.2, 0) is 95.3 Å². The predicted octanol–water partition coefficient (Wildman–Crippen LogP) is 27.2. The highest BCUT2D eigenvalue weighted by Gasteiger charge is 2.63. The molecule has 0 heterocycles. The Hall–Kier alpha value is -5.30. The Balaban J connectivity index is 11.6. The molecule has 0 aromatic carbocycles. The molecule has 9 unspecified atom stereocenters. The van der Waals surface area contributed by atoms with Crippen LogP contribution < -0.4 is 0 Å². The maximum atomic E-state index is 17.3. The topological polar surface area (TPSA) is 263 Å². The molecule has 0 aromatic heterocycles. The summed E-state index contributed by atoms with van der Waals surface area (Å²) >= 11 is 0. The molecule has 0 amide bonds. The Morgan fingerprint density at radius 3 is 0.326 bits per heavy atom. The number of ether oxygens (including phenoxy) is 10. The monoisotopic (exact) mass is 1870 g/mol. The molecule has 20 nitrogen and oxygen atoms in total. The van der Waals surface area contributed by atoms with Crippen molar-refractivity contribution in [3.63, 3.8) is 0 Å². The van der Waals surface area contributed by atoms with E-state index in [1.807, 2.05) is 284 Å². The van der Waals surface area contributed by atoms with E-state index >= 15 is 47.9 Å². The van der Waals surface area contributed by atoms with E-state index in [0.29, 0.717) is 0 Å². The van der Waals surface area contributed by atoms with E-state index in [-0.39, 0.29) is 144 Å². The average Bonchev–Trinajstić information content (AvgIpc) is 0.742. The smallest absolute Gasteiger partial charge is 0.312 e. The molecule has 0 rings (SSSR count). The maximum Gasteiger partial charge on any atom is 0.312 e. The summed E-state index contributed by atoms with van der Waals surface area (Å²) in [7, 11) is 0. The van der Waals surface area contributed by atoms with Crippen molar-refractivity contribution < 1.29 is 95.3 Å². The Kier molecular flexibility index (Phi) is 49.5. The largest absolute Gasteiger partial charge is 0.461 e. The number of rotatable bonds is 59. The highest BCUT2D eigenvalue weighted by molar-refractivity contribution is 5.88. The zero-order valence-electron chi connectivity index (χ0n) is 94.6. The van der Waals surface area contributed by atoms with Crippen LogP contribution in [0.15, 0.2) is 0 Å². The van der Waals surface area contributed by atoms with Crippen molar-refractivity contribution in [2.45, 2.75) is 485 Å². The lowest BCUT2D eigenvalue weighted by atomic mass is 9.56. The number of hydrogen-bond acceptors (Lipinski definition) is 20. The molecule has 0 radical (unpaired) electrons. The zero-order valence-corrected chi connectivity index (χ0v) is 94.6. The second kappa shape index (κ2) is 51.6. The number of carbonyl (C=O) groups excluding carboxylic acids is 10. The van der Waals surface area contributed by atoms with Gasteiger partial charge in [0.25, 0.3) is 0 Å². The third kappa shape index (κ3) is 35.5. The molecule has 0 aliphatic carbocycles. The SMILES string of the molecule is CCC(C)(CC(C)(CC(C)(CC(C)(CC(C)(CC(C)(CC(C)(CC(C)(CC(C)(CC(C)(C)C(=O)OC(C(C)C)C(C)C)C(=O)OC(C(C)C)C(C)C)C(=O)OC(C(C)C)C(C)C)C(=O)OC(C(C)C)C(C)C)C(=O)OC(C(C)C)C(C)C)C(=O)OC(C(C)C)C(C)C)C(=O)OC(C(C)C)C(C)C)C(=O)OC(C(C)C)C(C)C)C(=O)OC(C(C)C)C(C)C)C(=O)OC(C(C)C)C(C)C. The van der Waals surface area contributed by atoms with E-state index in [0.717, 1.165) is 0 Å². The van der Waals surface area contributed by atoms with Gasteiger partial charge in [0.2, 0.25) is 0 Å². The summed E-state index contributed by atoms with van der Waals surface area (Å²) in [5.41, 5.74) is -18.7. The van der Waals surface area contributed by atoms with Gasteiger partial charge in [-0.2, -0.15) is 0 Å². The molecule has 0 aromatic rings. The van der Waals surface area contributed by atoms with Gasteiger partial charge in [-0.1, -0.05) is 284 Å². The molecule has 0 fully saturated rings. The molecule has 0 N–H and O–H groups in total. The van der Waals surface area contributed by atoms with Crippen LogP contribution in [0.3, 0.4) is 0 Å². The van der Waals surface area contributed by atoms with Gasteiger partial charge >= 0.3 is 59.7 Å². The molecule has 0 bridgehead atoms. The first-order chi connectivity index (χ1) is 59.5. The summed E-state index contributed by atoms with van der Waals surface area (Å²) in [5, 5.41) is 0. The van der Waals surface area contributed by atoms with Crippen molar-refractivity contribution in [1.29, 1.82) is 0 Å². The number of esters is 10. The normalized spacial score (nSPS) is 17.3. The van der Waals surface area contributed by atoms with Gasteiger partial charge in [0.05, 0.1) is 54.1 Å². The molecule has 774 valence electrons. The molecule has 20 heteroatoms. The lowest BCUT2D eigenvalue weighted by Crippen LogP contribution is -2.53. The first-order valence-corrected chi connectivity index (χ1v) is 51.6. The minimum absolute atomic E-state index is 0.0762. The third-order valence-electron chi connectivity index (χ3n) is 28.4. The Morgan fingerprint density at radius 1 is 0.144 bits per heavy atom. The van der Waals surface area contributed by atoms with Gasteiger partial charge in [0.1, 0.15) is 61.0 Å². The van der Waals surface area contributed by atoms with Crippen molar-refractivity contribution in [3.05, 3.63) is 0 Å². The van der Waals surface area contributed by atoms with Crippen LogP contribution >= 0.6 is 0 Å². The molecule has 0 saturated carbocycles. The standard InChI is InChI=1S/C112H206O20/c1-53-104(44,94(114)124-84(65(6)7)66(8)9)55-106(46,96(116)126-86(69(14)15)70(16)17)57-108(48,98(118)128-88(73(22)23)74(24)25)59-110(50,100(120)130-90(77(30)31)78(32)33)61-112(52,102(122)132-92(81(38)39)82(40)41)62-111(51,101(121)131-91(79(34)35)80(36)37)60-109(49,99(119)129-89(75(26)27)76(28)29)58-107(47,97(117)127-87(71(18)19)72(20)21)56-105(45,95(115)125-85(67(10)11)68(12)13)54-103(42,43)93(113)123-83(63(2)3)64(4)5/h63-92H,53-62H2,1-52H3. The highest BCUT2D eigenvalue weighted by atomic mass is 16.6. The minimum atomic E-state index is -2.11. The van der Waals surface area contributed by atoms with Crippen LogP contribution in [0.4, 0.5) is 0 Å². The van der Waals surface area contributed by atoms with Crippen molar-refractivity contribution in [3.8, 4) is 0 Å². The summed E-state index contributed by atoms with van der Waals surface area (Å²) in [6, 6.07) is 0. The van der Waals surface area contributed by atoms with Crippen LogP contribution in [0.2, 0.25) is 0 Å². The van der Waals surface area contributed by atoms with Gasteiger partial charge in [0.15, 0.2) is 0 Å². The van der Waals surface area contributed by atoms with E-state index in [1.54, 1.807) is 76.2 Å². The lowest BCUT2D eigenvalue weighted by molar-refractivity contribution is -0.188. The van der Waals surface area contributed by atoms with E-state index in [4.69, 9.17) is 47.4 Å². The lowest BCUT2D eigenvalue weighted by Gasteiger charge is -2.48. The summed E-state index contributed by atoms with van der Waals surface area (Å²) in [6.07, 6.45) is -10.4. The van der Waals surface area contributed by atoms with E-state index in [2.05, 4.69) is 0 Å². The van der Waals surface area contributed by atoms with Crippen LogP contribution in [-0.4, -0.2) is 121 Å². The first-order valence-electron chi connectivity index (χ1n) is 51.6. The molecule has 0 aliphatic rings. The van der Waals surface area contributed by atoms with Crippen molar-refractivity contribution >= 4 is 59.7 Å². The van der Waals surface area contributed by atoms with Gasteiger partial charge in [-0.25, -0.2) is 0 Å². The molecule has 0 spiro atoms. The summed E-state index contributed by atoms with van der Waals surface area (Å²) in [6.45, 7) is 99.1. The van der Waals surface area contributed by atoms with Crippen LogP contribution in [0.5, 0.6) is 0 Å². The van der Waals surface area contributed by atoms with Crippen molar-refractivity contribution in [2.75, 3.05) is 0 Å². The van der Waals surface area contributed by atoms with Crippen molar-refractivity contribution in [1.82, 2.24) is 0 Å². The van der Waals surface area contributed by atoms with Gasteiger partial charge in [-0.3, -0.25) is 47.9 Å². The zero-order chi connectivity index (χ0) is 104. The molecule has 132 heavy (non-hydrogen) atoms. The Morgan fingerprint density at radius 2 is 0.227 bits per heavy atom. The van der Waals surface area contributed by atoms with Gasteiger partial charge < -0.3 is 47.4 Å². The summed E-state index contributed by atoms with van der Waals surface area (Å²) in [4.78, 5) is 166. The van der Waals surface area contributed by atoms with Crippen LogP contribution in [0.1, 0.15) is 424 Å². The fraction of sp³-hybridized carbons (Fsp3) is 0.911. The van der Waals surface area contributed by atoms with E-state index in [9.17, 15) is 0 Å². The van der Waals surface area contributed by atoms with Crippen molar-refractivity contribution in [2.24, 2.45) is 173 Å². The number of carbonyl (C=O) groups is 10. The quantitative estimate of drug-likeness (QED) is 0.0404. The van der Waals surface area contributed by atoms with Crippen LogP contribution in [0, 0.1) is 173 Å². The Labute approximate surface area is 808 Å². The summed E-state index contributed by atoms with van der Waals surface area (Å²) in [5.74, 6) is -11.7. The second-order valence-electron chi connectivity index (χ2n) is 51.5. The molecule has 9 atom stereocenters. The third-order valence-corrected chi connectivity index (χ3v) is 28.4. The predicted molar refractivity (Wildman–Crippen MR) is 534 cm³/mol. The Bertz CT molecular complexity index is 3530. The highest BCUT2D eigenvalue weighted by Crippen LogP contribution is 2.59. The first kappa shape index (κ1) is 127. The fourth-order valence-corrected chi connectivity index (χ4v) is 23.0. The molecule has 0 saturated heterocycles. The van der Waals surface area contributed by atoms with E-state index < -0.39 is 213 Å². The molecular formula is C112H206O20. The van der Waals surface area contributed by atoms with Crippen LogP contribution in [0.25, 0.3) is 0 Å². The molecule has 0 aliphatic heterocycles. The summed E-state index contributed by atoms with van der Waals surface area (Å²) < 4.78 is 68.6. The van der Waals surface area contributed by atoms with Gasteiger partial charge in [0, 0.05) is 0 Å². The van der Waals surface area contributed by atoms with E-state index in [1.165, 1.54) is 0 Å². The number of hydrogen-bond donors (Lipinski definition) is 0. The average molecular weight is 1870 g/mol. The van der Waals surface area contributed by atoms with Gasteiger partial charge in [-0.15, -0.1) is 0 Å². The maximum absolute atomic E-state index is 17.3. The van der Waals surface area contributed by atoms with Gasteiger partial charge in [-0.05, 0) is 259 Å². The minimum Gasteiger partial charge on any atom is -0.461 e. The second-order valence-corrected chi connectivity index (χ2v) is 51.5.